The van der Waals surface area contributed by atoms with Crippen molar-refractivity contribution in [1.82, 2.24) is 20.1 Å². The van der Waals surface area contributed by atoms with E-state index in [4.69, 9.17) is 16.3 Å². The maximum Gasteiger partial charge on any atom is 0.249 e. The normalized spacial score (nSPS) is 17.8. The Kier molecular flexibility index (Phi) is 11.0. The van der Waals surface area contributed by atoms with E-state index in [1.54, 1.807) is 7.11 Å². The molecule has 4 aromatic rings. The minimum absolute atomic E-state index is 0.0629. The van der Waals surface area contributed by atoms with E-state index in [-0.39, 0.29) is 17.7 Å². The van der Waals surface area contributed by atoms with Gasteiger partial charge in [-0.25, -0.2) is 0 Å². The van der Waals surface area contributed by atoms with Crippen LogP contribution in [0.4, 0.5) is 5.69 Å². The summed E-state index contributed by atoms with van der Waals surface area (Å²) in [7, 11) is 5.81. The largest absolute Gasteiger partial charge is 0.497 e. The Hall–Kier alpha value is -3.85. The number of benzene rings is 3. The molecule has 1 fully saturated rings. The number of halogens is 1. The predicted molar refractivity (Wildman–Crippen MR) is 194 cm³/mol. The summed E-state index contributed by atoms with van der Waals surface area (Å²) in [6, 6.07) is 21.5. The van der Waals surface area contributed by atoms with E-state index < -0.39 is 6.04 Å². The van der Waals surface area contributed by atoms with Crippen molar-refractivity contribution in [2.75, 3.05) is 52.3 Å². The minimum atomic E-state index is -0.690. The van der Waals surface area contributed by atoms with E-state index in [1.807, 2.05) is 59.6 Å². The van der Waals surface area contributed by atoms with Gasteiger partial charge in [-0.3, -0.25) is 14.5 Å². The molecule has 8 nitrogen and oxygen atoms in total. The molecule has 1 aromatic heterocycles. The van der Waals surface area contributed by atoms with Gasteiger partial charge in [-0.15, -0.1) is 0 Å². The van der Waals surface area contributed by atoms with Gasteiger partial charge in [0.25, 0.3) is 0 Å². The molecule has 3 aromatic carbocycles. The fourth-order valence-corrected chi connectivity index (χ4v) is 7.69. The van der Waals surface area contributed by atoms with Gasteiger partial charge in [0.1, 0.15) is 11.8 Å². The molecule has 2 amide bonds. The lowest BCUT2D eigenvalue weighted by Crippen LogP contribution is -2.53. The van der Waals surface area contributed by atoms with Crippen molar-refractivity contribution in [3.05, 3.63) is 94.6 Å². The van der Waals surface area contributed by atoms with Crippen molar-refractivity contribution in [3.8, 4) is 5.75 Å². The van der Waals surface area contributed by atoms with Crippen LogP contribution in [-0.2, 0) is 29.0 Å². The van der Waals surface area contributed by atoms with Gasteiger partial charge in [0.15, 0.2) is 0 Å². The Balaban J connectivity index is 1.12. The molecule has 2 aliphatic rings. The number of likely N-dealkylation sites (tertiary alicyclic amines) is 1. The quantitative estimate of drug-likeness (QED) is 0.185. The second-order valence-corrected chi connectivity index (χ2v) is 14.3. The first-order chi connectivity index (χ1) is 23.2. The van der Waals surface area contributed by atoms with Crippen molar-refractivity contribution >= 4 is 40.0 Å². The molecule has 48 heavy (non-hydrogen) atoms. The predicted octanol–water partition coefficient (Wildman–Crippen LogP) is 6.32. The van der Waals surface area contributed by atoms with Crippen LogP contribution in [0.15, 0.2) is 72.9 Å². The van der Waals surface area contributed by atoms with Crippen LogP contribution in [0.5, 0.6) is 5.75 Å². The number of carbonyl (C=O) groups excluding carboxylic acids is 2. The molecule has 2 atom stereocenters. The SMILES string of the molecule is COc1ccc(CN2CCC(CCC(=O)N[C@H](Cc3c[nH]c4ccccc34)C(=O)N3C[C@H](CN(C)C)Cc4cc(Cl)ccc43)CC2)cc1. The molecule has 9 heteroatoms. The van der Waals surface area contributed by atoms with Gasteiger partial charge < -0.3 is 24.8 Å². The highest BCUT2D eigenvalue weighted by Crippen LogP contribution is 2.33. The number of rotatable bonds is 12. The molecule has 6 rings (SSSR count). The average Bonchev–Trinajstić information content (AvgIpc) is 3.49. The van der Waals surface area contributed by atoms with Crippen LogP contribution in [0.25, 0.3) is 10.9 Å². The first-order valence-corrected chi connectivity index (χ1v) is 17.6. The van der Waals surface area contributed by atoms with Crippen molar-refractivity contribution in [2.45, 2.75) is 51.1 Å². The van der Waals surface area contributed by atoms with Gasteiger partial charge in [-0.2, -0.15) is 0 Å². The Morgan fingerprint density at radius 1 is 1.04 bits per heavy atom. The van der Waals surface area contributed by atoms with Gasteiger partial charge in [0, 0.05) is 60.3 Å². The van der Waals surface area contributed by atoms with Crippen LogP contribution in [0.2, 0.25) is 5.02 Å². The number of anilines is 1. The second kappa shape index (κ2) is 15.6. The molecule has 3 heterocycles. The number of piperidine rings is 1. The van der Waals surface area contributed by atoms with Crippen LogP contribution in [-0.4, -0.2) is 80.0 Å². The zero-order valence-corrected chi connectivity index (χ0v) is 29.1. The third kappa shape index (κ3) is 8.41. The van der Waals surface area contributed by atoms with Crippen LogP contribution >= 0.6 is 11.6 Å². The summed E-state index contributed by atoms with van der Waals surface area (Å²) in [6.07, 6.45) is 6.62. The first kappa shape index (κ1) is 34.0. The molecular formula is C39H48ClN5O3. The van der Waals surface area contributed by atoms with Crippen molar-refractivity contribution in [1.29, 1.82) is 0 Å². The summed E-state index contributed by atoms with van der Waals surface area (Å²) >= 11 is 6.41. The molecule has 2 N–H and O–H groups in total. The second-order valence-electron chi connectivity index (χ2n) is 13.8. The van der Waals surface area contributed by atoms with Crippen molar-refractivity contribution in [2.24, 2.45) is 11.8 Å². The fourth-order valence-electron chi connectivity index (χ4n) is 7.49. The summed E-state index contributed by atoms with van der Waals surface area (Å²) in [4.78, 5) is 38.0. The summed E-state index contributed by atoms with van der Waals surface area (Å²) < 4.78 is 5.29. The number of nitrogens with zero attached hydrogens (tertiary/aromatic N) is 3. The number of amides is 2. The molecule has 0 unspecified atom stereocenters. The maximum atomic E-state index is 14.5. The summed E-state index contributed by atoms with van der Waals surface area (Å²) in [5, 5.41) is 4.94. The van der Waals surface area contributed by atoms with Crippen molar-refractivity contribution < 1.29 is 14.3 Å². The highest BCUT2D eigenvalue weighted by atomic mass is 35.5. The molecule has 0 saturated carbocycles. The maximum absolute atomic E-state index is 14.5. The number of carbonyl (C=O) groups is 2. The molecule has 1 saturated heterocycles. The summed E-state index contributed by atoms with van der Waals surface area (Å²) in [5.41, 5.74) is 5.29. The number of nitrogens with one attached hydrogen (secondary N) is 2. The summed E-state index contributed by atoms with van der Waals surface area (Å²) in [6.45, 7) is 4.42. The topological polar surface area (TPSA) is 80.9 Å². The van der Waals surface area contributed by atoms with Gasteiger partial charge in [0.2, 0.25) is 11.8 Å². The number of aromatic nitrogens is 1. The van der Waals surface area contributed by atoms with E-state index in [0.717, 1.165) is 85.3 Å². The van der Waals surface area contributed by atoms with Gasteiger partial charge in [-0.1, -0.05) is 41.9 Å². The Labute approximate surface area is 289 Å². The van der Waals surface area contributed by atoms with Gasteiger partial charge in [0.05, 0.1) is 7.11 Å². The highest BCUT2D eigenvalue weighted by molar-refractivity contribution is 6.30. The molecule has 2 aliphatic heterocycles. The van der Waals surface area contributed by atoms with E-state index in [0.29, 0.717) is 30.3 Å². The lowest BCUT2D eigenvalue weighted by atomic mass is 9.90. The number of hydrogen-bond donors (Lipinski definition) is 2. The number of fused-ring (bicyclic) bond motifs is 2. The van der Waals surface area contributed by atoms with Crippen LogP contribution in [0.3, 0.4) is 0 Å². The monoisotopic (exact) mass is 669 g/mol. The lowest BCUT2D eigenvalue weighted by molar-refractivity contribution is -0.128. The number of ether oxygens (including phenoxy) is 1. The van der Waals surface area contributed by atoms with E-state index in [9.17, 15) is 9.59 Å². The molecule has 0 radical (unpaired) electrons. The highest BCUT2D eigenvalue weighted by Gasteiger charge is 2.34. The van der Waals surface area contributed by atoms with Crippen LogP contribution in [0, 0.1) is 11.8 Å². The molecular weight excluding hydrogens is 622 g/mol. The number of H-pyrrole nitrogens is 1. The third-order valence-electron chi connectivity index (χ3n) is 9.96. The van der Waals surface area contributed by atoms with E-state index in [1.165, 1.54) is 5.56 Å². The average molecular weight is 670 g/mol. The number of hydrogen-bond acceptors (Lipinski definition) is 5. The molecule has 0 aliphatic carbocycles. The minimum Gasteiger partial charge on any atom is -0.497 e. The molecule has 0 spiro atoms. The van der Waals surface area contributed by atoms with Crippen LogP contribution < -0.4 is 15.0 Å². The van der Waals surface area contributed by atoms with E-state index >= 15 is 0 Å². The number of aromatic amines is 1. The van der Waals surface area contributed by atoms with Gasteiger partial charge >= 0.3 is 0 Å². The zero-order chi connectivity index (χ0) is 33.6. The zero-order valence-electron chi connectivity index (χ0n) is 28.4. The number of methoxy groups -OCH3 is 1. The molecule has 0 bridgehead atoms. The standard InChI is InChI=1S/C39H48ClN5O3/c1-43(2)24-29-20-30-21-32(40)11-14-37(30)45(26-29)39(47)36(22-31-23-41-35-7-5-4-6-34(31)35)42-38(46)15-10-27-16-18-44(19-17-27)25-28-8-12-33(48-3)13-9-28/h4-9,11-14,21,23,27,29,36,41H,10,15-20,22,24-26H2,1-3H3,(H,42,46)/t29-,36+/m0/s1. The number of para-hydroxylation sites is 1. The molecule has 254 valence electrons. The third-order valence-corrected chi connectivity index (χ3v) is 10.2. The summed E-state index contributed by atoms with van der Waals surface area (Å²) in [5.74, 6) is 1.49. The Bertz CT molecular complexity index is 1700. The lowest BCUT2D eigenvalue weighted by Gasteiger charge is -2.37. The fraction of sp³-hybridized carbons (Fsp3) is 0.436. The smallest absolute Gasteiger partial charge is 0.249 e. The van der Waals surface area contributed by atoms with Crippen molar-refractivity contribution in [3.63, 3.8) is 0 Å². The van der Waals surface area contributed by atoms with E-state index in [2.05, 4.69) is 52.4 Å². The van der Waals surface area contributed by atoms with Gasteiger partial charge in [-0.05, 0) is 118 Å². The Morgan fingerprint density at radius 3 is 2.56 bits per heavy atom. The Morgan fingerprint density at radius 2 is 1.81 bits per heavy atom. The van der Waals surface area contributed by atoms with Crippen LogP contribution in [0.1, 0.15) is 42.4 Å². The first-order valence-electron chi connectivity index (χ1n) is 17.2.